The van der Waals surface area contributed by atoms with Gasteiger partial charge in [0.25, 0.3) is 5.91 Å². The van der Waals surface area contributed by atoms with Crippen LogP contribution in [-0.4, -0.2) is 39.4 Å². The molecule has 0 spiro atoms. The lowest BCUT2D eigenvalue weighted by atomic mass is 9.97. The molecule has 2 heterocycles. The molecule has 1 atom stereocenters. The van der Waals surface area contributed by atoms with E-state index >= 15 is 0 Å². The van der Waals surface area contributed by atoms with E-state index in [1.165, 1.54) is 0 Å². The van der Waals surface area contributed by atoms with Gasteiger partial charge in [-0.1, -0.05) is 0 Å². The molecule has 2 N–H and O–H groups in total. The number of hydrogen-bond acceptors (Lipinski definition) is 3. The zero-order valence-electron chi connectivity index (χ0n) is 12.2. The van der Waals surface area contributed by atoms with E-state index in [0.717, 1.165) is 18.5 Å². The van der Waals surface area contributed by atoms with Crippen LogP contribution in [0.25, 0.3) is 5.69 Å². The maximum atomic E-state index is 12.5. The number of benzene rings is 1. The number of likely N-dealkylation sites (tertiary alicyclic amines) is 1. The third-order valence-electron chi connectivity index (χ3n) is 4.03. The quantitative estimate of drug-likeness (QED) is 0.924. The molecule has 1 aliphatic heterocycles. The fourth-order valence-corrected chi connectivity index (χ4v) is 2.76. The largest absolute Gasteiger partial charge is 0.369 e. The van der Waals surface area contributed by atoms with Gasteiger partial charge in [-0.3, -0.25) is 9.59 Å². The topological polar surface area (TPSA) is 81.2 Å². The highest BCUT2D eigenvalue weighted by atomic mass is 16.2. The summed E-state index contributed by atoms with van der Waals surface area (Å²) in [6, 6.07) is 7.35. The molecule has 6 nitrogen and oxygen atoms in total. The van der Waals surface area contributed by atoms with Crippen molar-refractivity contribution in [1.29, 1.82) is 0 Å². The van der Waals surface area contributed by atoms with Gasteiger partial charge in [0, 0.05) is 36.7 Å². The molecule has 1 fully saturated rings. The first-order valence-electron chi connectivity index (χ1n) is 7.32. The van der Waals surface area contributed by atoms with E-state index in [4.69, 9.17) is 5.73 Å². The number of rotatable bonds is 3. The number of carbonyl (C=O) groups is 2. The predicted octanol–water partition coefficient (Wildman–Crippen LogP) is 1.21. The second-order valence-corrected chi connectivity index (χ2v) is 5.51. The number of imidazole rings is 1. The van der Waals surface area contributed by atoms with Gasteiger partial charge in [-0.2, -0.15) is 0 Å². The minimum absolute atomic E-state index is 0.0527. The molecule has 0 radical (unpaired) electrons. The summed E-state index contributed by atoms with van der Waals surface area (Å²) in [5.41, 5.74) is 6.92. The Hall–Kier alpha value is -2.63. The summed E-state index contributed by atoms with van der Waals surface area (Å²) in [6.07, 6.45) is 6.83. The maximum Gasteiger partial charge on any atom is 0.253 e. The number of nitrogens with zero attached hydrogens (tertiary/aromatic N) is 3. The number of hydrogen-bond donors (Lipinski definition) is 1. The third-order valence-corrected chi connectivity index (χ3v) is 4.03. The average Bonchev–Trinajstić information content (AvgIpc) is 3.09. The normalized spacial score (nSPS) is 18.2. The Bertz CT molecular complexity index is 664. The van der Waals surface area contributed by atoms with E-state index in [-0.39, 0.29) is 17.7 Å². The van der Waals surface area contributed by atoms with E-state index in [2.05, 4.69) is 4.98 Å². The van der Waals surface area contributed by atoms with Crippen LogP contribution in [0.4, 0.5) is 0 Å². The van der Waals surface area contributed by atoms with Crippen molar-refractivity contribution in [2.24, 2.45) is 11.7 Å². The summed E-state index contributed by atoms with van der Waals surface area (Å²) >= 11 is 0. The zero-order valence-corrected chi connectivity index (χ0v) is 12.2. The van der Waals surface area contributed by atoms with Crippen molar-refractivity contribution in [3.05, 3.63) is 48.5 Å². The molecule has 1 saturated heterocycles. The Morgan fingerprint density at radius 3 is 2.64 bits per heavy atom. The number of nitrogens with two attached hydrogens (primary N) is 1. The van der Waals surface area contributed by atoms with Crippen LogP contribution in [0.3, 0.4) is 0 Å². The minimum atomic E-state index is -0.326. The average molecular weight is 298 g/mol. The number of amides is 2. The lowest BCUT2D eigenvalue weighted by Gasteiger charge is -2.31. The summed E-state index contributed by atoms with van der Waals surface area (Å²) in [5, 5.41) is 0. The van der Waals surface area contributed by atoms with E-state index in [0.29, 0.717) is 18.7 Å². The summed E-state index contributed by atoms with van der Waals surface area (Å²) in [4.78, 5) is 29.5. The van der Waals surface area contributed by atoms with E-state index in [1.807, 2.05) is 22.9 Å². The van der Waals surface area contributed by atoms with Crippen molar-refractivity contribution in [2.75, 3.05) is 13.1 Å². The summed E-state index contributed by atoms with van der Waals surface area (Å²) in [5.74, 6) is -0.612. The van der Waals surface area contributed by atoms with Crippen LogP contribution in [0.2, 0.25) is 0 Å². The number of primary amides is 1. The van der Waals surface area contributed by atoms with Crippen LogP contribution in [0.1, 0.15) is 23.2 Å². The molecule has 0 aliphatic carbocycles. The Kier molecular flexibility index (Phi) is 3.91. The third kappa shape index (κ3) is 2.86. The Morgan fingerprint density at radius 2 is 2.00 bits per heavy atom. The van der Waals surface area contributed by atoms with Gasteiger partial charge in [-0.25, -0.2) is 4.98 Å². The lowest BCUT2D eigenvalue weighted by Crippen LogP contribution is -2.44. The monoisotopic (exact) mass is 298 g/mol. The van der Waals surface area contributed by atoms with Crippen molar-refractivity contribution < 1.29 is 9.59 Å². The molecule has 0 bridgehead atoms. The smallest absolute Gasteiger partial charge is 0.253 e. The van der Waals surface area contributed by atoms with Gasteiger partial charge in [0.1, 0.15) is 0 Å². The van der Waals surface area contributed by atoms with Crippen LogP contribution in [0.5, 0.6) is 0 Å². The van der Waals surface area contributed by atoms with Crippen molar-refractivity contribution in [3.63, 3.8) is 0 Å². The van der Waals surface area contributed by atoms with Crippen molar-refractivity contribution >= 4 is 11.8 Å². The first kappa shape index (κ1) is 14.3. The van der Waals surface area contributed by atoms with Gasteiger partial charge in [0.05, 0.1) is 12.2 Å². The molecule has 1 aromatic heterocycles. The van der Waals surface area contributed by atoms with E-state index in [1.54, 1.807) is 29.6 Å². The second kappa shape index (κ2) is 6.01. The Labute approximate surface area is 128 Å². The molecule has 114 valence electrons. The SMILES string of the molecule is NC(=O)C1CCCN(C(=O)c2ccc(-n3ccnc3)cc2)C1. The van der Waals surface area contributed by atoms with Crippen molar-refractivity contribution in [2.45, 2.75) is 12.8 Å². The van der Waals surface area contributed by atoms with E-state index < -0.39 is 0 Å². The summed E-state index contributed by atoms with van der Waals surface area (Å²) in [7, 11) is 0. The molecule has 0 saturated carbocycles. The van der Waals surface area contributed by atoms with Crippen LogP contribution in [0.15, 0.2) is 43.0 Å². The predicted molar refractivity (Wildman–Crippen MR) is 81.4 cm³/mol. The highest BCUT2D eigenvalue weighted by molar-refractivity contribution is 5.94. The molecule has 3 rings (SSSR count). The fourth-order valence-electron chi connectivity index (χ4n) is 2.76. The van der Waals surface area contributed by atoms with E-state index in [9.17, 15) is 9.59 Å². The number of aromatic nitrogens is 2. The van der Waals surface area contributed by atoms with Crippen LogP contribution >= 0.6 is 0 Å². The van der Waals surface area contributed by atoms with Crippen LogP contribution < -0.4 is 5.73 Å². The van der Waals surface area contributed by atoms with Crippen LogP contribution in [0, 0.1) is 5.92 Å². The fraction of sp³-hybridized carbons (Fsp3) is 0.312. The molecule has 2 amide bonds. The zero-order chi connectivity index (χ0) is 15.5. The lowest BCUT2D eigenvalue weighted by molar-refractivity contribution is -0.123. The summed E-state index contributed by atoms with van der Waals surface area (Å²) < 4.78 is 1.87. The van der Waals surface area contributed by atoms with Gasteiger partial charge in [-0.05, 0) is 37.1 Å². The van der Waals surface area contributed by atoms with Crippen molar-refractivity contribution in [1.82, 2.24) is 14.5 Å². The molecule has 22 heavy (non-hydrogen) atoms. The summed E-state index contributed by atoms with van der Waals surface area (Å²) in [6.45, 7) is 1.09. The number of carbonyl (C=O) groups excluding carboxylic acids is 2. The molecular weight excluding hydrogens is 280 g/mol. The van der Waals surface area contributed by atoms with Crippen molar-refractivity contribution in [3.8, 4) is 5.69 Å². The van der Waals surface area contributed by atoms with Gasteiger partial charge >= 0.3 is 0 Å². The minimum Gasteiger partial charge on any atom is -0.369 e. The van der Waals surface area contributed by atoms with Gasteiger partial charge in [-0.15, -0.1) is 0 Å². The molecule has 6 heteroatoms. The highest BCUT2D eigenvalue weighted by Crippen LogP contribution is 2.19. The first-order valence-corrected chi connectivity index (χ1v) is 7.32. The van der Waals surface area contributed by atoms with Gasteiger partial charge in [0.15, 0.2) is 0 Å². The highest BCUT2D eigenvalue weighted by Gasteiger charge is 2.27. The van der Waals surface area contributed by atoms with Gasteiger partial charge in [0.2, 0.25) is 5.91 Å². The molecule has 1 unspecified atom stereocenters. The first-order chi connectivity index (χ1) is 10.6. The molecule has 1 aromatic carbocycles. The Balaban J connectivity index is 1.73. The maximum absolute atomic E-state index is 12.5. The molecule has 1 aliphatic rings. The standard InChI is InChI=1S/C16H18N4O2/c17-15(21)13-2-1-8-19(10-13)16(22)12-3-5-14(6-4-12)20-9-7-18-11-20/h3-7,9,11,13H,1-2,8,10H2,(H2,17,21). The second-order valence-electron chi connectivity index (χ2n) is 5.51. The number of piperidine rings is 1. The molecular formula is C16H18N4O2. The molecule has 2 aromatic rings. The Morgan fingerprint density at radius 1 is 1.23 bits per heavy atom. The van der Waals surface area contributed by atoms with Crippen LogP contribution in [-0.2, 0) is 4.79 Å². The van der Waals surface area contributed by atoms with Gasteiger partial charge < -0.3 is 15.2 Å².